The summed E-state index contributed by atoms with van der Waals surface area (Å²) in [4.78, 5) is 38.2. The summed E-state index contributed by atoms with van der Waals surface area (Å²) in [6, 6.07) is 30.0. The van der Waals surface area contributed by atoms with Crippen molar-refractivity contribution in [2.24, 2.45) is 0 Å². The first-order chi connectivity index (χ1) is 19.1. The maximum atomic E-state index is 12.7. The third-order valence-corrected chi connectivity index (χ3v) is 5.12. The lowest BCUT2D eigenvalue weighted by Crippen LogP contribution is -2.17. The fraction of sp³-hybridized carbons (Fsp3) is 0.100. The standard InChI is InChI=1S/C30H24O9/c31-28(37-19-34-25-10-4-1-5-11-25)22-16-23(29(32)38-20-35-26-12-6-2-7-13-26)18-24(17-22)30(33)39-21-36-27-14-8-3-9-15-27/h1-18H,19-21H2. The van der Waals surface area contributed by atoms with Gasteiger partial charge in [0.1, 0.15) is 17.2 Å². The fourth-order valence-corrected chi connectivity index (χ4v) is 3.23. The van der Waals surface area contributed by atoms with Gasteiger partial charge in [-0.3, -0.25) is 0 Å². The van der Waals surface area contributed by atoms with E-state index in [1.165, 1.54) is 18.2 Å². The lowest BCUT2D eigenvalue weighted by atomic mass is 10.1. The Morgan fingerprint density at radius 1 is 0.410 bits per heavy atom. The summed E-state index contributed by atoms with van der Waals surface area (Å²) in [5.41, 5.74) is -0.247. The quantitative estimate of drug-likeness (QED) is 0.138. The summed E-state index contributed by atoms with van der Waals surface area (Å²) in [5.74, 6) is -0.960. The van der Waals surface area contributed by atoms with Gasteiger partial charge in [0.2, 0.25) is 20.4 Å². The molecule has 0 aromatic heterocycles. The average molecular weight is 529 g/mol. The van der Waals surface area contributed by atoms with E-state index >= 15 is 0 Å². The van der Waals surface area contributed by atoms with E-state index in [0.717, 1.165) is 0 Å². The van der Waals surface area contributed by atoms with Crippen molar-refractivity contribution in [1.82, 2.24) is 0 Å². The van der Waals surface area contributed by atoms with E-state index in [4.69, 9.17) is 28.4 Å². The molecule has 39 heavy (non-hydrogen) atoms. The van der Waals surface area contributed by atoms with Crippen LogP contribution in [0.2, 0.25) is 0 Å². The van der Waals surface area contributed by atoms with Gasteiger partial charge >= 0.3 is 17.9 Å². The van der Waals surface area contributed by atoms with Crippen molar-refractivity contribution in [2.75, 3.05) is 20.4 Å². The Morgan fingerprint density at radius 2 is 0.667 bits per heavy atom. The molecular formula is C30H24O9. The molecule has 0 saturated carbocycles. The van der Waals surface area contributed by atoms with E-state index in [0.29, 0.717) is 17.2 Å². The van der Waals surface area contributed by atoms with Gasteiger partial charge in [-0.25, -0.2) is 14.4 Å². The summed E-state index contributed by atoms with van der Waals surface area (Å²) >= 11 is 0. The van der Waals surface area contributed by atoms with Crippen molar-refractivity contribution in [3.8, 4) is 17.2 Å². The Balaban J connectivity index is 1.43. The highest BCUT2D eigenvalue weighted by atomic mass is 16.7. The molecule has 0 radical (unpaired) electrons. The van der Waals surface area contributed by atoms with Crippen LogP contribution < -0.4 is 14.2 Å². The Labute approximate surface area is 224 Å². The molecule has 0 aliphatic carbocycles. The van der Waals surface area contributed by atoms with Crippen LogP contribution in [0.15, 0.2) is 109 Å². The van der Waals surface area contributed by atoms with Gasteiger partial charge in [0.25, 0.3) is 0 Å². The highest BCUT2D eigenvalue weighted by molar-refractivity contribution is 6.00. The second-order valence-corrected chi connectivity index (χ2v) is 7.82. The van der Waals surface area contributed by atoms with Gasteiger partial charge in [-0.05, 0) is 54.6 Å². The smallest absolute Gasteiger partial charge is 0.341 e. The van der Waals surface area contributed by atoms with Gasteiger partial charge in [-0.1, -0.05) is 54.6 Å². The van der Waals surface area contributed by atoms with Crippen molar-refractivity contribution >= 4 is 17.9 Å². The molecule has 0 saturated heterocycles. The molecule has 0 amide bonds. The minimum atomic E-state index is -0.823. The highest BCUT2D eigenvalue weighted by Gasteiger charge is 2.19. The van der Waals surface area contributed by atoms with Crippen LogP contribution in [-0.2, 0) is 14.2 Å². The molecule has 9 nitrogen and oxygen atoms in total. The molecule has 0 spiro atoms. The van der Waals surface area contributed by atoms with Gasteiger partial charge in [-0.2, -0.15) is 0 Å². The van der Waals surface area contributed by atoms with E-state index in [2.05, 4.69) is 0 Å². The van der Waals surface area contributed by atoms with Crippen LogP contribution in [-0.4, -0.2) is 38.3 Å². The molecule has 4 rings (SSSR count). The first-order valence-corrected chi connectivity index (χ1v) is 11.8. The van der Waals surface area contributed by atoms with E-state index < -0.39 is 17.9 Å². The molecule has 198 valence electrons. The molecule has 0 bridgehead atoms. The van der Waals surface area contributed by atoms with Gasteiger partial charge in [0.15, 0.2) is 0 Å². The van der Waals surface area contributed by atoms with Crippen LogP contribution in [0.3, 0.4) is 0 Å². The fourth-order valence-electron chi connectivity index (χ4n) is 3.23. The van der Waals surface area contributed by atoms with Crippen molar-refractivity contribution in [3.05, 3.63) is 126 Å². The summed E-state index contributed by atoms with van der Waals surface area (Å²) in [6.45, 7) is -1.15. The molecule has 0 fully saturated rings. The number of benzene rings is 4. The Morgan fingerprint density at radius 3 is 0.923 bits per heavy atom. The van der Waals surface area contributed by atoms with Crippen LogP contribution in [0.25, 0.3) is 0 Å². The highest BCUT2D eigenvalue weighted by Crippen LogP contribution is 2.17. The van der Waals surface area contributed by atoms with E-state index in [1.807, 2.05) is 18.2 Å². The molecule has 4 aromatic rings. The van der Waals surface area contributed by atoms with Gasteiger partial charge in [-0.15, -0.1) is 0 Å². The zero-order chi connectivity index (χ0) is 27.3. The Kier molecular flexibility index (Phi) is 9.50. The normalized spacial score (nSPS) is 10.2. The molecule has 0 heterocycles. The average Bonchev–Trinajstić information content (AvgIpc) is 2.98. The minimum Gasteiger partial charge on any atom is -0.457 e. The van der Waals surface area contributed by atoms with Crippen LogP contribution in [0.5, 0.6) is 17.2 Å². The van der Waals surface area contributed by atoms with Crippen LogP contribution in [0.1, 0.15) is 31.1 Å². The van der Waals surface area contributed by atoms with Gasteiger partial charge < -0.3 is 28.4 Å². The monoisotopic (exact) mass is 528 g/mol. The number of esters is 3. The minimum absolute atomic E-state index is 0.0824. The lowest BCUT2D eigenvalue weighted by molar-refractivity contribution is 0.0154. The molecule has 0 N–H and O–H groups in total. The van der Waals surface area contributed by atoms with Crippen molar-refractivity contribution in [1.29, 1.82) is 0 Å². The summed E-state index contributed by atoms with van der Waals surface area (Å²) in [7, 11) is 0. The molecule has 0 aliphatic rings. The Bertz CT molecular complexity index is 1190. The molecule has 0 aliphatic heterocycles. The second kappa shape index (κ2) is 13.8. The Hall–Kier alpha value is -5.31. The number of carbonyl (C=O) groups excluding carboxylic acids is 3. The van der Waals surface area contributed by atoms with Crippen LogP contribution in [0, 0.1) is 0 Å². The van der Waals surface area contributed by atoms with Gasteiger partial charge in [0, 0.05) is 0 Å². The number of rotatable bonds is 12. The first kappa shape index (κ1) is 26.7. The number of para-hydroxylation sites is 3. The second-order valence-electron chi connectivity index (χ2n) is 7.82. The predicted molar refractivity (Wildman–Crippen MR) is 138 cm³/mol. The van der Waals surface area contributed by atoms with Gasteiger partial charge in [0.05, 0.1) is 16.7 Å². The number of carbonyl (C=O) groups is 3. The van der Waals surface area contributed by atoms with Crippen molar-refractivity contribution < 1.29 is 42.8 Å². The SMILES string of the molecule is O=C(OCOc1ccccc1)c1cc(C(=O)OCOc2ccccc2)cc(C(=O)OCOc2ccccc2)c1. The maximum Gasteiger partial charge on any atom is 0.341 e. The van der Waals surface area contributed by atoms with Crippen molar-refractivity contribution in [2.45, 2.75) is 0 Å². The lowest BCUT2D eigenvalue weighted by Gasteiger charge is -2.12. The molecule has 9 heteroatoms. The third-order valence-electron chi connectivity index (χ3n) is 5.12. The van der Waals surface area contributed by atoms with Crippen molar-refractivity contribution in [3.63, 3.8) is 0 Å². The predicted octanol–water partition coefficient (Wildman–Crippen LogP) is 5.27. The summed E-state index contributed by atoms with van der Waals surface area (Å²) < 4.78 is 31.6. The maximum absolute atomic E-state index is 12.7. The zero-order valence-electron chi connectivity index (χ0n) is 20.7. The summed E-state index contributed by atoms with van der Waals surface area (Å²) in [6.07, 6.45) is 0. The largest absolute Gasteiger partial charge is 0.457 e. The van der Waals surface area contributed by atoms with Crippen LogP contribution >= 0.6 is 0 Å². The zero-order valence-corrected chi connectivity index (χ0v) is 20.7. The molecule has 0 unspecified atom stereocenters. The van der Waals surface area contributed by atoms with E-state index in [-0.39, 0.29) is 37.1 Å². The van der Waals surface area contributed by atoms with E-state index in [1.54, 1.807) is 72.8 Å². The summed E-state index contributed by atoms with van der Waals surface area (Å²) in [5, 5.41) is 0. The van der Waals surface area contributed by atoms with E-state index in [9.17, 15) is 14.4 Å². The third kappa shape index (κ3) is 8.36. The molecular weight excluding hydrogens is 504 g/mol. The molecule has 0 atom stereocenters. The molecule has 4 aromatic carbocycles. The first-order valence-electron chi connectivity index (χ1n) is 11.8. The number of hydrogen-bond donors (Lipinski definition) is 0. The topological polar surface area (TPSA) is 107 Å². The number of hydrogen-bond acceptors (Lipinski definition) is 9. The number of ether oxygens (including phenoxy) is 6. The van der Waals surface area contributed by atoms with Crippen LogP contribution in [0.4, 0.5) is 0 Å².